The van der Waals surface area contributed by atoms with Crippen LogP contribution in [0.5, 0.6) is 0 Å². The van der Waals surface area contributed by atoms with Gasteiger partial charge < -0.3 is 4.90 Å². The van der Waals surface area contributed by atoms with E-state index < -0.39 is 0 Å². The third-order valence-electron chi connectivity index (χ3n) is 4.51. The second-order valence-electron chi connectivity index (χ2n) is 7.05. The van der Waals surface area contributed by atoms with Gasteiger partial charge in [-0.05, 0) is 54.0 Å². The van der Waals surface area contributed by atoms with Gasteiger partial charge in [0, 0.05) is 29.9 Å². The molecule has 0 radical (unpaired) electrons. The number of hydrazine groups is 1. The van der Waals surface area contributed by atoms with Crippen LogP contribution in [0, 0.1) is 12.8 Å². The number of carbonyl (C=O) groups excluding carboxylic acids is 1. The van der Waals surface area contributed by atoms with Crippen LogP contribution in [-0.2, 0) is 11.3 Å². The van der Waals surface area contributed by atoms with Crippen molar-refractivity contribution in [1.82, 2.24) is 20.7 Å². The highest BCUT2D eigenvalue weighted by Gasteiger charge is 2.33. The van der Waals surface area contributed by atoms with Crippen molar-refractivity contribution in [2.45, 2.75) is 45.8 Å². The van der Waals surface area contributed by atoms with E-state index in [4.69, 9.17) is 0 Å². The van der Waals surface area contributed by atoms with Crippen LogP contribution >= 0.6 is 11.3 Å². The Morgan fingerprint density at radius 1 is 1.32 bits per heavy atom. The molecule has 0 bridgehead atoms. The van der Waals surface area contributed by atoms with Crippen molar-refractivity contribution in [3.05, 3.63) is 52.0 Å². The zero-order valence-electron chi connectivity index (χ0n) is 15.0. The lowest BCUT2D eigenvalue weighted by Gasteiger charge is -2.27. The number of thiophene rings is 1. The summed E-state index contributed by atoms with van der Waals surface area (Å²) < 4.78 is 0. The number of nitrogens with zero attached hydrogens (tertiary/aromatic N) is 2. The van der Waals surface area contributed by atoms with Crippen LogP contribution in [-0.4, -0.2) is 28.4 Å². The third-order valence-corrected chi connectivity index (χ3v) is 5.52. The summed E-state index contributed by atoms with van der Waals surface area (Å²) in [5.74, 6) is 0.611. The number of aryl methyl sites for hydroxylation is 1. The maximum atomic E-state index is 13.1. The van der Waals surface area contributed by atoms with Gasteiger partial charge in [0.1, 0.15) is 6.04 Å². The second kappa shape index (κ2) is 8.08. The van der Waals surface area contributed by atoms with E-state index in [-0.39, 0.29) is 18.0 Å². The normalized spacial score (nSPS) is 20.2. The Morgan fingerprint density at radius 3 is 2.72 bits per heavy atom. The summed E-state index contributed by atoms with van der Waals surface area (Å²) in [6.45, 7) is 7.88. The molecule has 25 heavy (non-hydrogen) atoms. The molecule has 2 aromatic rings. The molecule has 0 saturated carbocycles. The van der Waals surface area contributed by atoms with Crippen molar-refractivity contribution in [1.29, 1.82) is 0 Å². The number of hydrogen-bond acceptors (Lipinski definition) is 5. The van der Waals surface area contributed by atoms with E-state index in [9.17, 15) is 4.79 Å². The molecular weight excluding hydrogens is 332 g/mol. The van der Waals surface area contributed by atoms with Gasteiger partial charge in [0.25, 0.3) is 0 Å². The molecule has 1 aliphatic rings. The first-order chi connectivity index (χ1) is 12.0. The molecule has 3 heterocycles. The number of amides is 1. The molecule has 1 amide bonds. The highest BCUT2D eigenvalue weighted by molar-refractivity contribution is 7.10. The molecule has 0 spiro atoms. The van der Waals surface area contributed by atoms with Gasteiger partial charge in [-0.25, -0.2) is 10.9 Å². The summed E-state index contributed by atoms with van der Waals surface area (Å²) in [5, 5.41) is 2.09. The molecule has 0 aromatic carbocycles. The van der Waals surface area contributed by atoms with E-state index in [0.717, 1.165) is 18.5 Å². The Morgan fingerprint density at radius 2 is 2.08 bits per heavy atom. The first kappa shape index (κ1) is 18.0. The van der Waals surface area contributed by atoms with E-state index in [1.807, 2.05) is 17.0 Å². The van der Waals surface area contributed by atoms with Crippen LogP contribution in [0.15, 0.2) is 36.0 Å². The predicted molar refractivity (Wildman–Crippen MR) is 101 cm³/mol. The number of pyridine rings is 1. The minimum atomic E-state index is -0.197. The van der Waals surface area contributed by atoms with Gasteiger partial charge in [-0.3, -0.25) is 9.78 Å². The fourth-order valence-electron chi connectivity index (χ4n) is 3.17. The van der Waals surface area contributed by atoms with E-state index in [1.54, 1.807) is 23.7 Å². The number of hydrogen-bond donors (Lipinski definition) is 2. The van der Waals surface area contributed by atoms with Crippen LogP contribution in [0.25, 0.3) is 0 Å². The molecule has 1 fully saturated rings. The van der Waals surface area contributed by atoms with Crippen molar-refractivity contribution in [2.75, 3.05) is 6.54 Å². The fraction of sp³-hybridized carbons (Fsp3) is 0.474. The fourth-order valence-corrected chi connectivity index (χ4v) is 4.09. The summed E-state index contributed by atoms with van der Waals surface area (Å²) in [6.07, 6.45) is 4.33. The third kappa shape index (κ3) is 4.45. The summed E-state index contributed by atoms with van der Waals surface area (Å²) in [4.78, 5) is 20.4. The molecule has 134 valence electrons. The minimum absolute atomic E-state index is 0.140. The molecular formula is C19H26N4OS. The van der Waals surface area contributed by atoms with Gasteiger partial charge >= 0.3 is 0 Å². The van der Waals surface area contributed by atoms with Crippen LogP contribution < -0.4 is 10.9 Å². The maximum Gasteiger partial charge on any atom is 0.241 e. The first-order valence-corrected chi connectivity index (χ1v) is 9.65. The second-order valence-corrected chi connectivity index (χ2v) is 8.05. The van der Waals surface area contributed by atoms with Gasteiger partial charge in [-0.2, -0.15) is 0 Å². The zero-order valence-corrected chi connectivity index (χ0v) is 15.8. The lowest BCUT2D eigenvalue weighted by Crippen LogP contribution is -2.46. The lowest BCUT2D eigenvalue weighted by molar-refractivity contribution is -0.134. The Kier molecular flexibility index (Phi) is 5.83. The monoisotopic (exact) mass is 358 g/mol. The van der Waals surface area contributed by atoms with Crippen LogP contribution in [0.1, 0.15) is 42.3 Å². The molecule has 0 aliphatic carbocycles. The van der Waals surface area contributed by atoms with Crippen molar-refractivity contribution < 1.29 is 4.79 Å². The van der Waals surface area contributed by atoms with Crippen molar-refractivity contribution in [3.8, 4) is 0 Å². The van der Waals surface area contributed by atoms with E-state index in [1.165, 1.54) is 10.4 Å². The largest absolute Gasteiger partial charge is 0.336 e. The summed E-state index contributed by atoms with van der Waals surface area (Å²) in [5.41, 5.74) is 8.87. The van der Waals surface area contributed by atoms with Crippen LogP contribution in [0.3, 0.4) is 0 Å². The smallest absolute Gasteiger partial charge is 0.241 e. The van der Waals surface area contributed by atoms with Gasteiger partial charge in [-0.1, -0.05) is 13.8 Å². The molecule has 6 heteroatoms. The Labute approximate surface area is 153 Å². The zero-order chi connectivity index (χ0) is 17.8. The highest BCUT2D eigenvalue weighted by atomic mass is 32.1. The molecule has 2 atom stereocenters. The Balaban J connectivity index is 1.69. The molecule has 1 saturated heterocycles. The lowest BCUT2D eigenvalue weighted by atomic mass is 10.0. The molecule has 2 aromatic heterocycles. The number of aromatic nitrogens is 1. The summed E-state index contributed by atoms with van der Waals surface area (Å²) in [7, 11) is 0. The minimum Gasteiger partial charge on any atom is -0.336 e. The number of rotatable bonds is 6. The summed E-state index contributed by atoms with van der Waals surface area (Å²) >= 11 is 1.73. The van der Waals surface area contributed by atoms with Crippen LogP contribution in [0.4, 0.5) is 0 Å². The van der Waals surface area contributed by atoms with Crippen molar-refractivity contribution >= 4 is 17.2 Å². The first-order valence-electron chi connectivity index (χ1n) is 8.77. The van der Waals surface area contributed by atoms with Gasteiger partial charge in [0.2, 0.25) is 5.91 Å². The van der Waals surface area contributed by atoms with E-state index in [2.05, 4.69) is 48.1 Å². The average molecular weight is 359 g/mol. The van der Waals surface area contributed by atoms with E-state index in [0.29, 0.717) is 12.5 Å². The average Bonchev–Trinajstić information content (AvgIpc) is 3.24. The van der Waals surface area contributed by atoms with Gasteiger partial charge in [0.15, 0.2) is 0 Å². The van der Waals surface area contributed by atoms with E-state index >= 15 is 0 Å². The number of carbonyl (C=O) groups is 1. The highest BCUT2D eigenvalue weighted by Crippen LogP contribution is 2.24. The van der Waals surface area contributed by atoms with Gasteiger partial charge in [-0.15, -0.1) is 11.3 Å². The van der Waals surface area contributed by atoms with Crippen molar-refractivity contribution in [3.63, 3.8) is 0 Å². The number of nitrogens with one attached hydrogen (secondary N) is 2. The van der Waals surface area contributed by atoms with Gasteiger partial charge in [0.05, 0.1) is 6.54 Å². The van der Waals surface area contributed by atoms with Crippen molar-refractivity contribution in [2.24, 2.45) is 5.92 Å². The Hall–Kier alpha value is -1.76. The van der Waals surface area contributed by atoms with Crippen LogP contribution in [0.2, 0.25) is 0 Å². The SMILES string of the molecule is Cc1ccsc1CN(CC(C)C)C(=O)C1CC(c2ccncc2)NN1. The summed E-state index contributed by atoms with van der Waals surface area (Å²) in [6, 6.07) is 6.05. The predicted octanol–water partition coefficient (Wildman–Crippen LogP) is 3.04. The molecule has 2 unspecified atom stereocenters. The molecule has 1 aliphatic heterocycles. The molecule has 2 N–H and O–H groups in total. The maximum absolute atomic E-state index is 13.1. The standard InChI is InChI=1S/C19H26N4OS/c1-13(2)11-23(12-18-14(3)6-9-25-18)19(24)17-10-16(21-22-17)15-4-7-20-8-5-15/h4-9,13,16-17,21-22H,10-12H2,1-3H3. The quantitative estimate of drug-likeness (QED) is 0.833. The topological polar surface area (TPSA) is 57.3 Å². The molecule has 3 rings (SSSR count). The molecule has 5 nitrogen and oxygen atoms in total. The Bertz CT molecular complexity index is 700.